The van der Waals surface area contributed by atoms with Gasteiger partial charge in [-0.25, -0.2) is 13.4 Å². The van der Waals surface area contributed by atoms with Crippen LogP contribution in [0.4, 0.5) is 5.69 Å². The first kappa shape index (κ1) is 17.2. The summed E-state index contributed by atoms with van der Waals surface area (Å²) in [6.07, 6.45) is 1.70. The normalized spacial score (nSPS) is 15.6. The minimum absolute atomic E-state index is 0.0680. The van der Waals surface area contributed by atoms with Crippen LogP contribution >= 0.6 is 11.3 Å². The molecule has 3 heterocycles. The second-order valence-corrected chi connectivity index (χ2v) is 8.92. The molecular weight excluding hydrogens is 374 g/mol. The highest BCUT2D eigenvalue weighted by Gasteiger charge is 2.31. The van der Waals surface area contributed by atoms with Gasteiger partial charge in [0.25, 0.3) is 5.91 Å². The molecule has 0 spiro atoms. The topological polar surface area (TPSA) is 92.5 Å². The van der Waals surface area contributed by atoms with E-state index in [4.69, 9.17) is 4.42 Å². The fourth-order valence-electron chi connectivity index (χ4n) is 3.04. The predicted molar refractivity (Wildman–Crippen MR) is 99.0 cm³/mol. The summed E-state index contributed by atoms with van der Waals surface area (Å²) >= 11 is 1.12. The smallest absolute Gasteiger partial charge is 0.267 e. The Morgan fingerprint density at radius 1 is 1.27 bits per heavy atom. The molecule has 3 aromatic rings. The number of carbonyl (C=O) groups is 1. The van der Waals surface area contributed by atoms with Crippen LogP contribution in [0.2, 0.25) is 0 Å². The molecule has 1 saturated heterocycles. The van der Waals surface area contributed by atoms with E-state index >= 15 is 0 Å². The Morgan fingerprint density at radius 2 is 2.04 bits per heavy atom. The first-order valence-electron chi connectivity index (χ1n) is 8.21. The third-order valence-corrected chi connectivity index (χ3v) is 7.25. The van der Waals surface area contributed by atoms with Crippen LogP contribution in [0.25, 0.3) is 11.1 Å². The second-order valence-electron chi connectivity index (χ2n) is 6.09. The van der Waals surface area contributed by atoms with Gasteiger partial charge in [-0.2, -0.15) is 4.31 Å². The molecule has 0 atom stereocenters. The number of anilines is 1. The summed E-state index contributed by atoms with van der Waals surface area (Å²) in [5, 5.41) is 4.38. The number of hydrogen-bond donors (Lipinski definition) is 1. The average Bonchev–Trinajstić information content (AvgIpc) is 3.34. The monoisotopic (exact) mass is 391 g/mol. The van der Waals surface area contributed by atoms with Crippen LogP contribution in [0.1, 0.15) is 28.4 Å². The number of aryl methyl sites for hydroxylation is 1. The Labute approximate surface area is 154 Å². The molecular formula is C17H17N3O4S2. The molecule has 1 aliphatic heterocycles. The van der Waals surface area contributed by atoms with E-state index in [1.54, 1.807) is 30.5 Å². The highest BCUT2D eigenvalue weighted by Crippen LogP contribution is 2.29. The lowest BCUT2D eigenvalue weighted by atomic mass is 10.3. The van der Waals surface area contributed by atoms with Crippen LogP contribution in [0.15, 0.2) is 39.0 Å². The zero-order valence-electron chi connectivity index (χ0n) is 14.1. The summed E-state index contributed by atoms with van der Waals surface area (Å²) in [7, 11) is -3.64. The molecule has 0 bridgehead atoms. The van der Waals surface area contributed by atoms with Crippen molar-refractivity contribution in [1.82, 2.24) is 9.29 Å². The second kappa shape index (κ2) is 6.49. The molecule has 26 heavy (non-hydrogen) atoms. The van der Waals surface area contributed by atoms with Gasteiger partial charge in [0.1, 0.15) is 15.3 Å². The minimum atomic E-state index is -3.64. The zero-order valence-corrected chi connectivity index (χ0v) is 15.7. The van der Waals surface area contributed by atoms with Gasteiger partial charge in [-0.3, -0.25) is 4.79 Å². The van der Waals surface area contributed by atoms with Gasteiger partial charge in [-0.15, -0.1) is 11.3 Å². The van der Waals surface area contributed by atoms with Gasteiger partial charge in [0.05, 0.1) is 0 Å². The van der Waals surface area contributed by atoms with Crippen molar-refractivity contribution in [2.45, 2.75) is 24.7 Å². The van der Waals surface area contributed by atoms with Crippen molar-refractivity contribution in [2.75, 3.05) is 18.4 Å². The van der Waals surface area contributed by atoms with Crippen LogP contribution in [0.5, 0.6) is 0 Å². The number of sulfonamides is 1. The van der Waals surface area contributed by atoms with E-state index in [0.717, 1.165) is 24.2 Å². The summed E-state index contributed by atoms with van der Waals surface area (Å²) in [6.45, 7) is 2.75. The number of carbonyl (C=O) groups excluding carboxylic acids is 1. The fourth-order valence-corrected chi connectivity index (χ4v) is 5.85. The molecule has 0 saturated carbocycles. The molecule has 1 aromatic carbocycles. The molecule has 7 nitrogen and oxygen atoms in total. The Hall–Kier alpha value is -2.23. The first-order valence-corrected chi connectivity index (χ1v) is 10.5. The van der Waals surface area contributed by atoms with E-state index in [1.165, 1.54) is 10.4 Å². The molecule has 0 radical (unpaired) electrons. The Balaban J connectivity index is 1.61. The highest BCUT2D eigenvalue weighted by atomic mass is 32.2. The van der Waals surface area contributed by atoms with Crippen molar-refractivity contribution in [3.8, 4) is 0 Å². The molecule has 1 aliphatic rings. The Morgan fingerprint density at radius 3 is 2.81 bits per heavy atom. The van der Waals surface area contributed by atoms with Crippen LogP contribution in [-0.2, 0) is 10.0 Å². The molecule has 1 amide bonds. The van der Waals surface area contributed by atoms with Crippen LogP contribution in [0.3, 0.4) is 0 Å². The number of amides is 1. The summed E-state index contributed by atoms with van der Waals surface area (Å²) in [4.78, 5) is 17.1. The van der Waals surface area contributed by atoms with Crippen LogP contribution in [-0.4, -0.2) is 36.7 Å². The lowest BCUT2D eigenvalue weighted by Gasteiger charge is -2.15. The number of benzene rings is 1. The molecule has 9 heteroatoms. The van der Waals surface area contributed by atoms with Crippen molar-refractivity contribution in [3.63, 3.8) is 0 Å². The van der Waals surface area contributed by atoms with E-state index in [2.05, 4.69) is 10.3 Å². The standard InChI is InChI=1S/C17H17N3O4S2/c1-11-18-13-5-4-12(10-14(13)24-11)19-17(21)16-15(6-9-25-16)26(22,23)20-7-2-3-8-20/h4-6,9-10H,2-3,7-8H2,1H3,(H,19,21). The Bertz CT molecular complexity index is 1080. The van der Waals surface area contributed by atoms with Crippen LogP contribution in [0, 0.1) is 6.92 Å². The first-order chi connectivity index (χ1) is 12.4. The van der Waals surface area contributed by atoms with E-state index < -0.39 is 15.9 Å². The lowest BCUT2D eigenvalue weighted by molar-refractivity contribution is 0.102. The maximum absolute atomic E-state index is 12.8. The number of aromatic nitrogens is 1. The summed E-state index contributed by atoms with van der Waals surface area (Å²) in [5.74, 6) is 0.0917. The molecule has 0 unspecified atom stereocenters. The Kier molecular flexibility index (Phi) is 4.29. The summed E-state index contributed by atoms with van der Waals surface area (Å²) in [5.41, 5.74) is 1.79. The summed E-state index contributed by atoms with van der Waals surface area (Å²) in [6, 6.07) is 6.63. The largest absolute Gasteiger partial charge is 0.441 e. The number of rotatable bonds is 4. The molecule has 1 fully saturated rings. The predicted octanol–water partition coefficient (Wildman–Crippen LogP) is 3.23. The molecule has 0 aliphatic carbocycles. The number of thiophene rings is 1. The van der Waals surface area contributed by atoms with Crippen molar-refractivity contribution in [3.05, 3.63) is 40.4 Å². The minimum Gasteiger partial charge on any atom is -0.441 e. The lowest BCUT2D eigenvalue weighted by Crippen LogP contribution is -2.29. The van der Waals surface area contributed by atoms with Gasteiger partial charge in [0.15, 0.2) is 11.5 Å². The van der Waals surface area contributed by atoms with Crippen molar-refractivity contribution >= 4 is 44.1 Å². The van der Waals surface area contributed by atoms with Crippen molar-refractivity contribution in [1.29, 1.82) is 0 Å². The third-order valence-electron chi connectivity index (χ3n) is 4.27. The van der Waals surface area contributed by atoms with Crippen LogP contribution < -0.4 is 5.32 Å². The van der Waals surface area contributed by atoms with Crippen molar-refractivity contribution in [2.24, 2.45) is 0 Å². The van der Waals surface area contributed by atoms with Gasteiger partial charge in [-0.1, -0.05) is 0 Å². The number of fused-ring (bicyclic) bond motifs is 1. The molecule has 136 valence electrons. The van der Waals surface area contributed by atoms with Gasteiger partial charge in [-0.05, 0) is 36.4 Å². The number of hydrogen-bond acceptors (Lipinski definition) is 6. The molecule has 4 rings (SSSR count). The number of nitrogens with one attached hydrogen (secondary N) is 1. The number of nitrogens with zero attached hydrogens (tertiary/aromatic N) is 2. The maximum atomic E-state index is 12.8. The van der Waals surface area contributed by atoms with E-state index in [1.807, 2.05) is 0 Å². The van der Waals surface area contributed by atoms with E-state index in [9.17, 15) is 13.2 Å². The zero-order chi connectivity index (χ0) is 18.3. The number of oxazole rings is 1. The van der Waals surface area contributed by atoms with E-state index in [0.29, 0.717) is 35.8 Å². The average molecular weight is 391 g/mol. The molecule has 2 aromatic heterocycles. The van der Waals surface area contributed by atoms with Gasteiger partial charge in [0.2, 0.25) is 10.0 Å². The quantitative estimate of drug-likeness (QED) is 0.737. The van der Waals surface area contributed by atoms with Gasteiger partial charge >= 0.3 is 0 Å². The summed E-state index contributed by atoms with van der Waals surface area (Å²) < 4.78 is 32.5. The van der Waals surface area contributed by atoms with E-state index in [-0.39, 0.29) is 9.77 Å². The highest BCUT2D eigenvalue weighted by molar-refractivity contribution is 7.89. The molecule has 1 N–H and O–H groups in total. The maximum Gasteiger partial charge on any atom is 0.267 e. The van der Waals surface area contributed by atoms with Gasteiger partial charge < -0.3 is 9.73 Å². The fraction of sp³-hybridized carbons (Fsp3) is 0.294. The van der Waals surface area contributed by atoms with Gasteiger partial charge in [0, 0.05) is 31.8 Å². The van der Waals surface area contributed by atoms with Crippen molar-refractivity contribution < 1.29 is 17.6 Å². The SMILES string of the molecule is Cc1nc2ccc(NC(=O)c3sccc3S(=O)(=O)N3CCCC3)cc2o1. The third kappa shape index (κ3) is 3.02.